The van der Waals surface area contributed by atoms with Crippen molar-refractivity contribution >= 4 is 5.69 Å². The molecule has 0 unspecified atom stereocenters. The van der Waals surface area contributed by atoms with E-state index >= 15 is 0 Å². The number of hydrogen-bond acceptors (Lipinski definition) is 2. The van der Waals surface area contributed by atoms with Crippen molar-refractivity contribution in [2.45, 2.75) is 39.0 Å². The predicted octanol–water partition coefficient (Wildman–Crippen LogP) is 4.33. The summed E-state index contributed by atoms with van der Waals surface area (Å²) in [5.41, 5.74) is 0.742. The van der Waals surface area contributed by atoms with Crippen LogP contribution in [0, 0.1) is 29.0 Å². The third-order valence-corrected chi connectivity index (χ3v) is 4.13. The molecule has 0 heterocycles. The highest BCUT2D eigenvalue weighted by Crippen LogP contribution is 2.30. The molecule has 0 amide bonds. The van der Waals surface area contributed by atoms with Crippen LogP contribution >= 0.6 is 0 Å². The molecule has 3 heteroatoms. The van der Waals surface area contributed by atoms with Gasteiger partial charge in [0.15, 0.2) is 0 Å². The van der Waals surface area contributed by atoms with E-state index in [1.54, 1.807) is 12.1 Å². The summed E-state index contributed by atoms with van der Waals surface area (Å²) in [5.74, 6) is 1.21. The Kier molecular flexibility index (Phi) is 4.79. The lowest BCUT2D eigenvalue weighted by molar-refractivity contribution is 0.282. The average molecular weight is 260 g/mol. The van der Waals surface area contributed by atoms with E-state index in [1.165, 1.54) is 31.7 Å². The summed E-state index contributed by atoms with van der Waals surface area (Å²) in [4.78, 5) is 0. The van der Waals surface area contributed by atoms with Crippen molar-refractivity contribution in [1.29, 1.82) is 5.26 Å². The fraction of sp³-hybridized carbons (Fsp3) is 0.562. The van der Waals surface area contributed by atoms with Gasteiger partial charge in [-0.2, -0.15) is 5.26 Å². The van der Waals surface area contributed by atoms with Crippen LogP contribution in [0.3, 0.4) is 0 Å². The minimum absolute atomic E-state index is 0.125. The molecule has 102 valence electrons. The maximum absolute atomic E-state index is 13.4. The van der Waals surface area contributed by atoms with Crippen LogP contribution in [-0.4, -0.2) is 6.54 Å². The molecule has 1 aromatic carbocycles. The first kappa shape index (κ1) is 13.9. The van der Waals surface area contributed by atoms with E-state index in [0.717, 1.165) is 24.8 Å². The van der Waals surface area contributed by atoms with Gasteiger partial charge in [-0.15, -0.1) is 0 Å². The van der Waals surface area contributed by atoms with Gasteiger partial charge in [0, 0.05) is 6.54 Å². The van der Waals surface area contributed by atoms with E-state index in [9.17, 15) is 4.39 Å². The summed E-state index contributed by atoms with van der Waals surface area (Å²) >= 11 is 0. The first-order valence-electron chi connectivity index (χ1n) is 7.13. The Hall–Kier alpha value is -1.56. The van der Waals surface area contributed by atoms with Gasteiger partial charge in [-0.3, -0.25) is 0 Å². The largest absolute Gasteiger partial charge is 0.384 e. The molecule has 19 heavy (non-hydrogen) atoms. The molecular weight excluding hydrogens is 239 g/mol. The van der Waals surface area contributed by atoms with Crippen molar-refractivity contribution in [3.05, 3.63) is 29.6 Å². The topological polar surface area (TPSA) is 35.8 Å². The van der Waals surface area contributed by atoms with E-state index in [4.69, 9.17) is 5.26 Å². The van der Waals surface area contributed by atoms with Crippen molar-refractivity contribution < 1.29 is 4.39 Å². The molecule has 0 spiro atoms. The number of anilines is 1. The van der Waals surface area contributed by atoms with E-state index in [-0.39, 0.29) is 5.56 Å². The van der Waals surface area contributed by atoms with Crippen molar-refractivity contribution in [2.24, 2.45) is 11.8 Å². The Labute approximate surface area is 114 Å². The quantitative estimate of drug-likeness (QED) is 0.874. The van der Waals surface area contributed by atoms with Gasteiger partial charge in [-0.05, 0) is 30.4 Å². The molecule has 0 aromatic heterocycles. The molecule has 1 fully saturated rings. The van der Waals surface area contributed by atoms with E-state index in [0.29, 0.717) is 5.69 Å². The Bertz CT molecular complexity index is 456. The molecule has 2 rings (SSSR count). The molecule has 1 saturated carbocycles. The van der Waals surface area contributed by atoms with Crippen molar-refractivity contribution in [3.8, 4) is 6.07 Å². The van der Waals surface area contributed by atoms with Gasteiger partial charge >= 0.3 is 0 Å². The van der Waals surface area contributed by atoms with Gasteiger partial charge in [0.2, 0.25) is 0 Å². The summed E-state index contributed by atoms with van der Waals surface area (Å²) in [6.07, 6.45) is 6.37. The van der Waals surface area contributed by atoms with Crippen LogP contribution in [-0.2, 0) is 0 Å². The molecule has 1 N–H and O–H groups in total. The summed E-state index contributed by atoms with van der Waals surface area (Å²) in [6, 6.07) is 6.65. The van der Waals surface area contributed by atoms with Gasteiger partial charge in [-0.1, -0.05) is 38.7 Å². The van der Waals surface area contributed by atoms with Gasteiger partial charge < -0.3 is 5.32 Å². The zero-order chi connectivity index (χ0) is 13.7. The average Bonchev–Trinajstić information content (AvgIpc) is 2.41. The fourth-order valence-electron chi connectivity index (χ4n) is 2.81. The SMILES string of the molecule is CC1CCC(CCNc2cccc(F)c2C#N)CC1. The second kappa shape index (κ2) is 6.56. The Morgan fingerprint density at radius 1 is 1.32 bits per heavy atom. The Morgan fingerprint density at radius 3 is 2.74 bits per heavy atom. The van der Waals surface area contributed by atoms with E-state index in [1.807, 2.05) is 6.07 Å². The number of halogens is 1. The second-order valence-electron chi connectivity index (χ2n) is 5.62. The molecular formula is C16H21FN2. The third kappa shape index (κ3) is 3.70. The lowest BCUT2D eigenvalue weighted by Crippen LogP contribution is -2.16. The van der Waals surface area contributed by atoms with E-state index in [2.05, 4.69) is 12.2 Å². The number of nitriles is 1. The van der Waals surface area contributed by atoms with Crippen LogP contribution in [0.4, 0.5) is 10.1 Å². The maximum atomic E-state index is 13.4. The number of rotatable bonds is 4. The minimum Gasteiger partial charge on any atom is -0.384 e. The molecule has 2 nitrogen and oxygen atoms in total. The van der Waals surface area contributed by atoms with Crippen LogP contribution < -0.4 is 5.32 Å². The highest BCUT2D eigenvalue weighted by molar-refractivity contribution is 5.57. The molecule has 0 aliphatic heterocycles. The molecule has 1 aliphatic rings. The number of hydrogen-bond donors (Lipinski definition) is 1. The highest BCUT2D eigenvalue weighted by atomic mass is 19.1. The molecule has 0 saturated heterocycles. The van der Waals surface area contributed by atoms with Crippen LogP contribution in [0.2, 0.25) is 0 Å². The zero-order valence-corrected chi connectivity index (χ0v) is 11.5. The monoisotopic (exact) mass is 260 g/mol. The summed E-state index contributed by atoms with van der Waals surface area (Å²) in [7, 11) is 0. The summed E-state index contributed by atoms with van der Waals surface area (Å²) in [5, 5.41) is 12.1. The summed E-state index contributed by atoms with van der Waals surface area (Å²) < 4.78 is 13.4. The molecule has 0 atom stereocenters. The van der Waals surface area contributed by atoms with Crippen LogP contribution in [0.1, 0.15) is 44.6 Å². The first-order chi connectivity index (χ1) is 9.20. The molecule has 0 radical (unpaired) electrons. The highest BCUT2D eigenvalue weighted by Gasteiger charge is 2.17. The standard InChI is InChI=1S/C16H21FN2/c1-12-5-7-13(8-6-12)9-10-19-16-4-2-3-15(17)14(16)11-18/h2-4,12-13,19H,5-10H2,1H3. The normalized spacial score (nSPS) is 22.8. The lowest BCUT2D eigenvalue weighted by atomic mass is 9.81. The summed E-state index contributed by atoms with van der Waals surface area (Å²) in [6.45, 7) is 3.14. The smallest absolute Gasteiger partial charge is 0.143 e. The number of nitrogens with one attached hydrogen (secondary N) is 1. The molecule has 1 aromatic rings. The van der Waals surface area contributed by atoms with Crippen molar-refractivity contribution in [1.82, 2.24) is 0 Å². The predicted molar refractivity (Wildman–Crippen MR) is 75.3 cm³/mol. The molecule has 0 bridgehead atoms. The van der Waals surface area contributed by atoms with Gasteiger partial charge in [-0.25, -0.2) is 4.39 Å². The van der Waals surface area contributed by atoms with Crippen molar-refractivity contribution in [2.75, 3.05) is 11.9 Å². The lowest BCUT2D eigenvalue weighted by Gasteiger charge is -2.26. The van der Waals surface area contributed by atoms with Crippen LogP contribution in [0.5, 0.6) is 0 Å². The van der Waals surface area contributed by atoms with Gasteiger partial charge in [0.25, 0.3) is 0 Å². The Morgan fingerprint density at radius 2 is 2.05 bits per heavy atom. The van der Waals surface area contributed by atoms with Gasteiger partial charge in [0.1, 0.15) is 17.4 Å². The minimum atomic E-state index is -0.445. The Balaban J connectivity index is 1.83. The number of nitrogens with zero attached hydrogens (tertiary/aromatic N) is 1. The zero-order valence-electron chi connectivity index (χ0n) is 11.5. The first-order valence-corrected chi connectivity index (χ1v) is 7.13. The third-order valence-electron chi connectivity index (χ3n) is 4.13. The van der Waals surface area contributed by atoms with E-state index < -0.39 is 5.82 Å². The van der Waals surface area contributed by atoms with Gasteiger partial charge in [0.05, 0.1) is 5.69 Å². The second-order valence-corrected chi connectivity index (χ2v) is 5.62. The number of benzene rings is 1. The van der Waals surface area contributed by atoms with Crippen LogP contribution in [0.15, 0.2) is 18.2 Å². The van der Waals surface area contributed by atoms with Crippen molar-refractivity contribution in [3.63, 3.8) is 0 Å². The maximum Gasteiger partial charge on any atom is 0.143 e. The molecule has 1 aliphatic carbocycles. The fourth-order valence-corrected chi connectivity index (χ4v) is 2.81. The van der Waals surface area contributed by atoms with Crippen LogP contribution in [0.25, 0.3) is 0 Å².